The molecule has 0 aliphatic carbocycles. The number of rotatable bonds is 4. The van der Waals surface area contributed by atoms with Crippen molar-refractivity contribution >= 4 is 11.4 Å². The third kappa shape index (κ3) is 5.84. The molecular formula is C29H33N. The van der Waals surface area contributed by atoms with Gasteiger partial charge in [-0.15, -0.1) is 0 Å². The molecule has 0 aliphatic rings. The Hall–Kier alpha value is -3.32. The van der Waals surface area contributed by atoms with Crippen molar-refractivity contribution < 1.29 is 0 Å². The van der Waals surface area contributed by atoms with Crippen LogP contribution in [0.15, 0.2) is 109 Å². The normalized spacial score (nSPS) is 9.50. The van der Waals surface area contributed by atoms with Crippen molar-refractivity contribution in [1.82, 2.24) is 0 Å². The molecule has 30 heavy (non-hydrogen) atoms. The number of hydrogen-bond acceptors (Lipinski definition) is 1. The molecule has 0 aromatic heterocycles. The molecule has 0 bridgehead atoms. The van der Waals surface area contributed by atoms with Gasteiger partial charge in [0.1, 0.15) is 0 Å². The number of hydrogen-bond donors (Lipinski definition) is 0. The fourth-order valence-electron chi connectivity index (χ4n) is 3.17. The zero-order valence-corrected chi connectivity index (χ0v) is 18.8. The maximum absolute atomic E-state index is 2.21. The van der Waals surface area contributed by atoms with Gasteiger partial charge in [-0.1, -0.05) is 113 Å². The Balaban J connectivity index is 0.000000757. The van der Waals surface area contributed by atoms with Crippen LogP contribution in [0.4, 0.5) is 11.4 Å². The largest absolute Gasteiger partial charge is 0.345 e. The van der Waals surface area contributed by atoms with Crippen LogP contribution in [0.25, 0.3) is 22.3 Å². The first-order chi connectivity index (χ1) is 14.8. The summed E-state index contributed by atoms with van der Waals surface area (Å²) in [6.45, 7) is 8.00. The standard InChI is InChI=1S/C25H21N.2C2H6/c1-26(24-16-12-22(13-17-24)20-8-4-2-5-9-20)25-18-14-23(15-19-25)21-10-6-3-7-11-21;2*1-2/h2-19H,1H3;2*1-2H3. The van der Waals surface area contributed by atoms with Gasteiger partial charge in [-0.2, -0.15) is 0 Å². The van der Waals surface area contributed by atoms with Crippen LogP contribution in [-0.2, 0) is 0 Å². The van der Waals surface area contributed by atoms with E-state index in [1.165, 1.54) is 33.6 Å². The van der Waals surface area contributed by atoms with Crippen molar-refractivity contribution in [3.63, 3.8) is 0 Å². The molecule has 4 aromatic rings. The predicted octanol–water partition coefficient (Wildman–Crippen LogP) is 8.84. The second-order valence-corrected chi connectivity index (χ2v) is 6.38. The first-order valence-electron chi connectivity index (χ1n) is 10.9. The summed E-state index contributed by atoms with van der Waals surface area (Å²) in [5.41, 5.74) is 7.32. The van der Waals surface area contributed by atoms with E-state index in [-0.39, 0.29) is 0 Å². The summed E-state index contributed by atoms with van der Waals surface area (Å²) >= 11 is 0. The number of nitrogens with zero attached hydrogens (tertiary/aromatic N) is 1. The van der Waals surface area contributed by atoms with Crippen molar-refractivity contribution in [3.05, 3.63) is 109 Å². The summed E-state index contributed by atoms with van der Waals surface area (Å²) in [6.07, 6.45) is 0. The van der Waals surface area contributed by atoms with Gasteiger partial charge < -0.3 is 4.90 Å². The van der Waals surface area contributed by atoms with Gasteiger partial charge >= 0.3 is 0 Å². The molecule has 0 unspecified atom stereocenters. The molecule has 0 spiro atoms. The summed E-state index contributed by atoms with van der Waals surface area (Å²) in [5.74, 6) is 0. The zero-order valence-electron chi connectivity index (χ0n) is 18.8. The Morgan fingerprint density at radius 2 is 0.633 bits per heavy atom. The zero-order chi connectivity index (χ0) is 21.8. The van der Waals surface area contributed by atoms with Crippen molar-refractivity contribution in [1.29, 1.82) is 0 Å². The van der Waals surface area contributed by atoms with Crippen molar-refractivity contribution in [3.8, 4) is 22.3 Å². The number of benzene rings is 4. The molecule has 154 valence electrons. The predicted molar refractivity (Wildman–Crippen MR) is 135 cm³/mol. The summed E-state index contributed by atoms with van der Waals surface area (Å²) in [4.78, 5) is 2.21. The van der Waals surface area contributed by atoms with Gasteiger partial charge in [0.05, 0.1) is 0 Å². The Kier molecular flexibility index (Phi) is 9.40. The minimum absolute atomic E-state index is 1.18. The molecule has 4 aromatic carbocycles. The summed E-state index contributed by atoms with van der Waals surface area (Å²) in [6, 6.07) is 38.4. The lowest BCUT2D eigenvalue weighted by molar-refractivity contribution is 1.21. The third-order valence-electron chi connectivity index (χ3n) is 4.72. The topological polar surface area (TPSA) is 3.24 Å². The molecule has 4 rings (SSSR count). The van der Waals surface area contributed by atoms with Gasteiger partial charge in [-0.05, 0) is 46.5 Å². The number of anilines is 2. The van der Waals surface area contributed by atoms with Gasteiger partial charge in [0, 0.05) is 18.4 Å². The SMILES string of the molecule is CC.CC.CN(c1ccc(-c2ccccc2)cc1)c1ccc(-c2ccccc2)cc1. The smallest absolute Gasteiger partial charge is 0.0408 e. The maximum Gasteiger partial charge on any atom is 0.0408 e. The first kappa shape index (κ1) is 23.0. The van der Waals surface area contributed by atoms with Crippen molar-refractivity contribution in [2.24, 2.45) is 0 Å². The highest BCUT2D eigenvalue weighted by Crippen LogP contribution is 2.29. The first-order valence-corrected chi connectivity index (χ1v) is 10.9. The highest BCUT2D eigenvalue weighted by Gasteiger charge is 2.05. The fraction of sp³-hybridized carbons (Fsp3) is 0.172. The Morgan fingerprint density at radius 3 is 0.933 bits per heavy atom. The molecule has 0 fully saturated rings. The van der Waals surface area contributed by atoms with Crippen molar-refractivity contribution in [2.75, 3.05) is 11.9 Å². The van der Waals surface area contributed by atoms with E-state index >= 15 is 0 Å². The molecule has 0 amide bonds. The summed E-state index contributed by atoms with van der Waals surface area (Å²) < 4.78 is 0. The van der Waals surface area contributed by atoms with Crippen LogP contribution in [0.3, 0.4) is 0 Å². The molecular weight excluding hydrogens is 362 g/mol. The molecule has 0 radical (unpaired) electrons. The highest BCUT2D eigenvalue weighted by molar-refractivity contribution is 5.71. The average molecular weight is 396 g/mol. The van der Waals surface area contributed by atoms with Crippen LogP contribution in [0.5, 0.6) is 0 Å². The van der Waals surface area contributed by atoms with Crippen LogP contribution in [0, 0.1) is 0 Å². The summed E-state index contributed by atoms with van der Waals surface area (Å²) in [7, 11) is 2.11. The second-order valence-electron chi connectivity index (χ2n) is 6.38. The molecule has 1 nitrogen and oxygen atoms in total. The van der Waals surface area contributed by atoms with Gasteiger partial charge in [0.15, 0.2) is 0 Å². The van der Waals surface area contributed by atoms with E-state index < -0.39 is 0 Å². The van der Waals surface area contributed by atoms with Gasteiger partial charge in [-0.25, -0.2) is 0 Å². The lowest BCUT2D eigenvalue weighted by Gasteiger charge is -2.20. The van der Waals surface area contributed by atoms with Gasteiger partial charge in [0.25, 0.3) is 0 Å². The van der Waals surface area contributed by atoms with E-state index in [4.69, 9.17) is 0 Å². The lowest BCUT2D eigenvalue weighted by atomic mass is 10.0. The summed E-state index contributed by atoms with van der Waals surface area (Å²) in [5, 5.41) is 0. The maximum atomic E-state index is 2.21. The molecule has 0 atom stereocenters. The average Bonchev–Trinajstić information content (AvgIpc) is 2.87. The van der Waals surface area contributed by atoms with Gasteiger partial charge in [-0.3, -0.25) is 0 Å². The molecule has 0 N–H and O–H groups in total. The monoisotopic (exact) mass is 395 g/mol. The molecule has 0 saturated heterocycles. The van der Waals surface area contributed by atoms with Crippen molar-refractivity contribution in [2.45, 2.75) is 27.7 Å². The van der Waals surface area contributed by atoms with E-state index in [1.54, 1.807) is 0 Å². The second kappa shape index (κ2) is 12.3. The van der Waals surface area contributed by atoms with Crippen LogP contribution < -0.4 is 4.90 Å². The van der Waals surface area contributed by atoms with Crippen LogP contribution >= 0.6 is 0 Å². The quantitative estimate of drug-likeness (QED) is 0.333. The van der Waals surface area contributed by atoms with E-state index in [9.17, 15) is 0 Å². The Bertz CT molecular complexity index is 873. The van der Waals surface area contributed by atoms with Gasteiger partial charge in [0.2, 0.25) is 0 Å². The fourth-order valence-corrected chi connectivity index (χ4v) is 3.17. The van der Waals surface area contributed by atoms with E-state index in [0.717, 1.165) is 0 Å². The van der Waals surface area contributed by atoms with Crippen LogP contribution in [0.2, 0.25) is 0 Å². The molecule has 1 heteroatoms. The highest BCUT2D eigenvalue weighted by atomic mass is 15.1. The molecule has 0 heterocycles. The van der Waals surface area contributed by atoms with Crippen LogP contribution in [0.1, 0.15) is 27.7 Å². The molecule has 0 saturated carbocycles. The van der Waals surface area contributed by atoms with E-state index in [1.807, 2.05) is 39.8 Å². The van der Waals surface area contributed by atoms with Crippen LogP contribution in [-0.4, -0.2) is 7.05 Å². The molecule has 0 aliphatic heterocycles. The van der Waals surface area contributed by atoms with E-state index in [0.29, 0.717) is 0 Å². The minimum Gasteiger partial charge on any atom is -0.345 e. The van der Waals surface area contributed by atoms with E-state index in [2.05, 4.69) is 109 Å². The third-order valence-corrected chi connectivity index (χ3v) is 4.72. The lowest BCUT2D eigenvalue weighted by Crippen LogP contribution is -2.08. The minimum atomic E-state index is 1.18. The Morgan fingerprint density at radius 1 is 0.367 bits per heavy atom. The Labute approximate surface area is 182 Å².